The third kappa shape index (κ3) is 2.54. The molecule has 0 bridgehead atoms. The van der Waals surface area contributed by atoms with Gasteiger partial charge in [0, 0.05) is 0 Å². The summed E-state index contributed by atoms with van der Waals surface area (Å²) in [4.78, 5) is 37.6. The summed E-state index contributed by atoms with van der Waals surface area (Å²) in [5.74, 6) is -0.521. The number of rotatable bonds is 4. The minimum atomic E-state index is -1.24. The van der Waals surface area contributed by atoms with E-state index in [-0.39, 0.29) is 6.54 Å². The van der Waals surface area contributed by atoms with Crippen LogP contribution in [0.25, 0.3) is 0 Å². The molecule has 2 aromatic rings. The second kappa shape index (κ2) is 5.84. The maximum atomic E-state index is 12.7. The van der Waals surface area contributed by atoms with E-state index in [4.69, 9.17) is 4.42 Å². The number of methoxy groups -OCH3 is 1. The monoisotopic (exact) mass is 328 g/mol. The van der Waals surface area contributed by atoms with Crippen LogP contribution in [0.4, 0.5) is 4.79 Å². The summed E-state index contributed by atoms with van der Waals surface area (Å²) in [6.45, 7) is 1.64. The van der Waals surface area contributed by atoms with Crippen molar-refractivity contribution < 1.29 is 23.5 Å². The molecular weight excluding hydrogens is 312 g/mol. The van der Waals surface area contributed by atoms with Gasteiger partial charge >= 0.3 is 12.0 Å². The van der Waals surface area contributed by atoms with E-state index < -0.39 is 23.4 Å². The first-order valence-corrected chi connectivity index (χ1v) is 7.31. The lowest BCUT2D eigenvalue weighted by atomic mass is 9.99. The molecule has 1 aliphatic rings. The molecule has 1 aliphatic heterocycles. The minimum Gasteiger partial charge on any atom is -0.466 e. The Morgan fingerprint density at radius 3 is 2.75 bits per heavy atom. The van der Waals surface area contributed by atoms with Gasteiger partial charge in [-0.2, -0.15) is 0 Å². The van der Waals surface area contributed by atoms with Gasteiger partial charge in [0.05, 0.1) is 25.5 Å². The lowest BCUT2D eigenvalue weighted by Crippen LogP contribution is -2.40. The maximum Gasteiger partial charge on any atom is 0.337 e. The van der Waals surface area contributed by atoms with Gasteiger partial charge in [0.2, 0.25) is 0 Å². The Labute approximate surface area is 138 Å². The highest BCUT2D eigenvalue weighted by atomic mass is 16.5. The van der Waals surface area contributed by atoms with Crippen molar-refractivity contribution in [1.82, 2.24) is 10.2 Å². The molecule has 0 radical (unpaired) electrons. The number of esters is 1. The van der Waals surface area contributed by atoms with Crippen molar-refractivity contribution in [1.29, 1.82) is 0 Å². The van der Waals surface area contributed by atoms with Crippen LogP contribution in [-0.2, 0) is 21.6 Å². The Bertz CT molecular complexity index is 799. The number of nitrogens with one attached hydrogen (secondary N) is 1. The van der Waals surface area contributed by atoms with Crippen molar-refractivity contribution in [2.75, 3.05) is 7.11 Å². The second-order valence-corrected chi connectivity index (χ2v) is 5.62. The fraction of sp³-hybridized carbons (Fsp3) is 0.235. The molecule has 3 amide bonds. The average molecular weight is 328 g/mol. The summed E-state index contributed by atoms with van der Waals surface area (Å²) < 4.78 is 9.95. The highest BCUT2D eigenvalue weighted by Crippen LogP contribution is 2.30. The lowest BCUT2D eigenvalue weighted by molar-refractivity contribution is -0.132. The van der Waals surface area contributed by atoms with E-state index >= 15 is 0 Å². The molecule has 124 valence electrons. The van der Waals surface area contributed by atoms with Gasteiger partial charge in [-0.3, -0.25) is 9.69 Å². The zero-order valence-corrected chi connectivity index (χ0v) is 13.2. The molecular formula is C17H16N2O5. The molecule has 7 nitrogen and oxygen atoms in total. The molecule has 2 heterocycles. The van der Waals surface area contributed by atoms with E-state index in [0.29, 0.717) is 16.9 Å². The standard InChI is InChI=1S/C17H16N2O5/c1-17(13-7-4-8-24-13)15(21)19(16(22)18-17)10-11-5-3-6-12(9-11)14(20)23-2/h3-9H,10H2,1-2H3,(H,18,22). The number of benzene rings is 1. The topological polar surface area (TPSA) is 88.8 Å². The average Bonchev–Trinajstić information content (AvgIpc) is 3.19. The third-order valence-electron chi connectivity index (χ3n) is 3.98. The Balaban J connectivity index is 1.85. The molecule has 1 saturated heterocycles. The Morgan fingerprint density at radius 2 is 2.08 bits per heavy atom. The first kappa shape index (κ1) is 15.8. The number of imide groups is 1. The Morgan fingerprint density at radius 1 is 1.29 bits per heavy atom. The molecule has 3 rings (SSSR count). The summed E-state index contributed by atoms with van der Waals surface area (Å²) in [6.07, 6.45) is 1.45. The van der Waals surface area contributed by atoms with Crippen LogP contribution in [0.5, 0.6) is 0 Å². The van der Waals surface area contributed by atoms with Crippen LogP contribution in [-0.4, -0.2) is 29.9 Å². The van der Waals surface area contributed by atoms with Crippen molar-refractivity contribution in [3.8, 4) is 0 Å². The normalized spacial score (nSPS) is 20.2. The highest BCUT2D eigenvalue weighted by molar-refractivity contribution is 6.06. The molecule has 1 unspecified atom stereocenters. The number of hydrogen-bond donors (Lipinski definition) is 1. The van der Waals surface area contributed by atoms with Crippen molar-refractivity contribution in [2.45, 2.75) is 19.0 Å². The van der Waals surface area contributed by atoms with Crippen molar-refractivity contribution in [2.24, 2.45) is 0 Å². The van der Waals surface area contributed by atoms with Crippen molar-refractivity contribution in [3.63, 3.8) is 0 Å². The molecule has 0 spiro atoms. The van der Waals surface area contributed by atoms with E-state index in [9.17, 15) is 14.4 Å². The number of nitrogens with zero attached hydrogens (tertiary/aromatic N) is 1. The molecule has 1 atom stereocenters. The number of ether oxygens (including phenoxy) is 1. The van der Waals surface area contributed by atoms with E-state index in [1.54, 1.807) is 43.3 Å². The summed E-state index contributed by atoms with van der Waals surface area (Å²) in [5.41, 5.74) is -0.235. The van der Waals surface area contributed by atoms with Gasteiger partial charge in [-0.05, 0) is 36.8 Å². The summed E-state index contributed by atoms with van der Waals surface area (Å²) in [6, 6.07) is 9.38. The minimum absolute atomic E-state index is 0.0474. The van der Waals surface area contributed by atoms with E-state index in [0.717, 1.165) is 4.90 Å². The van der Waals surface area contributed by atoms with E-state index in [2.05, 4.69) is 10.1 Å². The molecule has 1 aromatic carbocycles. The number of urea groups is 1. The highest BCUT2D eigenvalue weighted by Gasteiger charge is 2.50. The lowest BCUT2D eigenvalue weighted by Gasteiger charge is -2.19. The fourth-order valence-electron chi connectivity index (χ4n) is 2.67. The van der Waals surface area contributed by atoms with Gasteiger partial charge < -0.3 is 14.5 Å². The zero-order valence-electron chi connectivity index (χ0n) is 13.2. The molecule has 7 heteroatoms. The van der Waals surface area contributed by atoms with Crippen molar-refractivity contribution >= 4 is 17.9 Å². The van der Waals surface area contributed by atoms with Gasteiger partial charge in [-0.15, -0.1) is 0 Å². The summed E-state index contributed by atoms with van der Waals surface area (Å²) in [5, 5.41) is 2.65. The second-order valence-electron chi connectivity index (χ2n) is 5.62. The smallest absolute Gasteiger partial charge is 0.337 e. The predicted molar refractivity (Wildman–Crippen MR) is 82.9 cm³/mol. The first-order valence-electron chi connectivity index (χ1n) is 7.31. The Hall–Kier alpha value is -3.09. The van der Waals surface area contributed by atoms with Gasteiger partial charge in [-0.1, -0.05) is 12.1 Å². The molecule has 0 saturated carbocycles. The van der Waals surface area contributed by atoms with Crippen LogP contribution >= 0.6 is 0 Å². The SMILES string of the molecule is COC(=O)c1cccc(CN2C(=O)NC(C)(c3ccco3)C2=O)c1. The number of carbonyl (C=O) groups excluding carboxylic acids is 3. The van der Waals surface area contributed by atoms with E-state index in [1.165, 1.54) is 13.4 Å². The predicted octanol–water partition coefficient (Wildman–Crippen LogP) is 2.03. The largest absolute Gasteiger partial charge is 0.466 e. The molecule has 0 aliphatic carbocycles. The first-order chi connectivity index (χ1) is 11.5. The molecule has 1 aromatic heterocycles. The number of hydrogen-bond acceptors (Lipinski definition) is 5. The number of amides is 3. The Kier molecular flexibility index (Phi) is 3.84. The van der Waals surface area contributed by atoms with E-state index in [1.807, 2.05) is 0 Å². The van der Waals surface area contributed by atoms with Gasteiger partial charge in [0.25, 0.3) is 5.91 Å². The van der Waals surface area contributed by atoms with Crippen LogP contribution in [0, 0.1) is 0 Å². The van der Waals surface area contributed by atoms with Gasteiger partial charge in [0.15, 0.2) is 5.54 Å². The zero-order chi connectivity index (χ0) is 17.3. The fourth-order valence-corrected chi connectivity index (χ4v) is 2.67. The molecule has 24 heavy (non-hydrogen) atoms. The maximum absolute atomic E-state index is 12.7. The van der Waals surface area contributed by atoms with Gasteiger partial charge in [0.1, 0.15) is 5.76 Å². The van der Waals surface area contributed by atoms with Crippen LogP contribution < -0.4 is 5.32 Å². The quantitative estimate of drug-likeness (QED) is 0.685. The molecule has 1 fully saturated rings. The van der Waals surface area contributed by atoms with Gasteiger partial charge in [-0.25, -0.2) is 9.59 Å². The molecule has 1 N–H and O–H groups in total. The van der Waals surface area contributed by atoms with Crippen LogP contribution in [0.3, 0.4) is 0 Å². The van der Waals surface area contributed by atoms with Crippen molar-refractivity contribution in [3.05, 3.63) is 59.5 Å². The van der Waals surface area contributed by atoms with Crippen LogP contribution in [0.15, 0.2) is 47.1 Å². The van der Waals surface area contributed by atoms with Crippen LogP contribution in [0.1, 0.15) is 28.6 Å². The number of carbonyl (C=O) groups is 3. The van der Waals surface area contributed by atoms with Crippen LogP contribution in [0.2, 0.25) is 0 Å². The third-order valence-corrected chi connectivity index (χ3v) is 3.98. The summed E-state index contributed by atoms with van der Waals surface area (Å²) >= 11 is 0. The summed E-state index contributed by atoms with van der Waals surface area (Å²) in [7, 11) is 1.29. The number of furan rings is 1.